The molecule has 2 N–H and O–H groups in total. The van der Waals surface area contributed by atoms with Crippen LogP contribution >= 0.6 is 24.0 Å². The van der Waals surface area contributed by atoms with Crippen LogP contribution in [0, 0.1) is 0 Å². The highest BCUT2D eigenvalue weighted by molar-refractivity contribution is 14.0. The van der Waals surface area contributed by atoms with Gasteiger partial charge in [-0.25, -0.2) is 0 Å². The third-order valence-electron chi connectivity index (χ3n) is 5.08. The third-order valence-corrected chi connectivity index (χ3v) is 5.08. The number of nitrogens with zero attached hydrogens (tertiary/aromatic N) is 3. The summed E-state index contributed by atoms with van der Waals surface area (Å²) in [5.74, 6) is 0.927. The van der Waals surface area contributed by atoms with E-state index in [1.54, 1.807) is 0 Å². The quantitative estimate of drug-likeness (QED) is 0.244. The Morgan fingerprint density at radius 1 is 1.25 bits per heavy atom. The number of rotatable bonds is 9. The molecule has 0 aliphatic carbocycles. The van der Waals surface area contributed by atoms with E-state index in [0.29, 0.717) is 6.04 Å². The van der Waals surface area contributed by atoms with Crippen molar-refractivity contribution in [3.05, 3.63) is 0 Å². The maximum absolute atomic E-state index is 4.33. The van der Waals surface area contributed by atoms with Gasteiger partial charge in [-0.15, -0.1) is 24.0 Å². The minimum absolute atomic E-state index is 0. The van der Waals surface area contributed by atoms with Crippen LogP contribution in [0.5, 0.6) is 0 Å². The summed E-state index contributed by atoms with van der Waals surface area (Å²) in [6.07, 6.45) is 5.30. The first-order valence-corrected chi connectivity index (χ1v) is 9.54. The summed E-state index contributed by atoms with van der Waals surface area (Å²) in [5.41, 5.74) is 0. The third kappa shape index (κ3) is 8.85. The molecule has 6 heteroatoms. The first-order valence-electron chi connectivity index (χ1n) is 9.54. The van der Waals surface area contributed by atoms with Crippen molar-refractivity contribution in [2.45, 2.75) is 65.5 Å². The van der Waals surface area contributed by atoms with Crippen LogP contribution in [0.4, 0.5) is 0 Å². The number of likely N-dealkylation sites (N-methyl/N-ethyl adjacent to an activating group) is 1. The lowest BCUT2D eigenvalue weighted by Crippen LogP contribution is -2.46. The molecule has 144 valence electrons. The van der Waals surface area contributed by atoms with E-state index in [2.05, 4.69) is 53.1 Å². The normalized spacial score (nSPS) is 20.6. The minimum Gasteiger partial charge on any atom is -0.356 e. The van der Waals surface area contributed by atoms with E-state index in [-0.39, 0.29) is 24.0 Å². The molecule has 0 aromatic heterocycles. The second-order valence-electron chi connectivity index (χ2n) is 6.68. The van der Waals surface area contributed by atoms with Gasteiger partial charge in [-0.1, -0.05) is 20.3 Å². The summed E-state index contributed by atoms with van der Waals surface area (Å²) in [7, 11) is 1.85. The van der Waals surface area contributed by atoms with E-state index in [1.165, 1.54) is 38.8 Å². The predicted octanol–water partition coefficient (Wildman–Crippen LogP) is 2.76. The van der Waals surface area contributed by atoms with Gasteiger partial charge in [0, 0.05) is 38.8 Å². The summed E-state index contributed by atoms with van der Waals surface area (Å²) < 4.78 is 0. The van der Waals surface area contributed by atoms with Crippen molar-refractivity contribution >= 4 is 29.9 Å². The monoisotopic (exact) mass is 453 g/mol. The molecule has 2 atom stereocenters. The van der Waals surface area contributed by atoms with Crippen LogP contribution in [0.2, 0.25) is 0 Å². The van der Waals surface area contributed by atoms with Gasteiger partial charge >= 0.3 is 0 Å². The van der Waals surface area contributed by atoms with Crippen molar-refractivity contribution in [2.75, 3.05) is 46.3 Å². The maximum Gasteiger partial charge on any atom is 0.191 e. The Morgan fingerprint density at radius 2 is 1.96 bits per heavy atom. The predicted molar refractivity (Wildman–Crippen MR) is 117 cm³/mol. The number of piperidine rings is 1. The zero-order valence-corrected chi connectivity index (χ0v) is 18.8. The lowest BCUT2D eigenvalue weighted by molar-refractivity contribution is 0.159. The highest BCUT2D eigenvalue weighted by Gasteiger charge is 2.17. The average Bonchev–Trinajstić information content (AvgIpc) is 2.56. The summed E-state index contributed by atoms with van der Waals surface area (Å²) in [6, 6.07) is 1.29. The molecule has 0 amide bonds. The summed E-state index contributed by atoms with van der Waals surface area (Å²) >= 11 is 0. The number of likely N-dealkylation sites (tertiary alicyclic amines) is 1. The Kier molecular flexibility index (Phi) is 14.1. The van der Waals surface area contributed by atoms with Gasteiger partial charge in [0.2, 0.25) is 0 Å². The molecule has 1 heterocycles. The number of aliphatic imine (C=N–C) groups is 1. The molecule has 0 aromatic rings. The molecule has 1 aliphatic rings. The van der Waals surface area contributed by atoms with Gasteiger partial charge in [0.25, 0.3) is 0 Å². The molecule has 1 rings (SSSR count). The van der Waals surface area contributed by atoms with E-state index in [9.17, 15) is 0 Å². The number of guanidine groups is 1. The molecule has 0 bridgehead atoms. The SMILES string of the molecule is CCN(CC)C(C)CNC(=NC)NCCCN1CCCCC1C.I. The molecule has 0 spiro atoms. The van der Waals surface area contributed by atoms with Gasteiger partial charge in [0.1, 0.15) is 0 Å². The van der Waals surface area contributed by atoms with E-state index in [1.807, 2.05) is 7.05 Å². The Morgan fingerprint density at radius 3 is 2.54 bits per heavy atom. The molecule has 2 unspecified atom stereocenters. The van der Waals surface area contributed by atoms with Crippen LogP contribution in [0.1, 0.15) is 53.4 Å². The van der Waals surface area contributed by atoms with Crippen molar-refractivity contribution in [3.63, 3.8) is 0 Å². The largest absolute Gasteiger partial charge is 0.356 e. The Balaban J connectivity index is 0.00000529. The minimum atomic E-state index is 0. The number of hydrogen-bond acceptors (Lipinski definition) is 3. The Bertz CT molecular complexity index is 333. The second kappa shape index (κ2) is 14.1. The highest BCUT2D eigenvalue weighted by Crippen LogP contribution is 2.15. The van der Waals surface area contributed by atoms with E-state index in [0.717, 1.165) is 38.2 Å². The van der Waals surface area contributed by atoms with Gasteiger partial charge in [0.05, 0.1) is 0 Å². The van der Waals surface area contributed by atoms with Crippen molar-refractivity contribution < 1.29 is 0 Å². The number of hydrogen-bond donors (Lipinski definition) is 2. The second-order valence-corrected chi connectivity index (χ2v) is 6.68. The Labute approximate surface area is 167 Å². The molecule has 1 saturated heterocycles. The van der Waals surface area contributed by atoms with Gasteiger partial charge in [-0.2, -0.15) is 0 Å². The fourth-order valence-corrected chi connectivity index (χ4v) is 3.42. The van der Waals surface area contributed by atoms with Crippen molar-refractivity contribution in [1.82, 2.24) is 20.4 Å². The van der Waals surface area contributed by atoms with Crippen LogP contribution < -0.4 is 10.6 Å². The van der Waals surface area contributed by atoms with Gasteiger partial charge < -0.3 is 15.5 Å². The summed E-state index contributed by atoms with van der Waals surface area (Å²) in [4.78, 5) is 9.42. The van der Waals surface area contributed by atoms with Gasteiger partial charge in [-0.3, -0.25) is 9.89 Å². The van der Waals surface area contributed by atoms with Crippen molar-refractivity contribution in [1.29, 1.82) is 0 Å². The fourth-order valence-electron chi connectivity index (χ4n) is 3.42. The van der Waals surface area contributed by atoms with Crippen LogP contribution in [-0.2, 0) is 0 Å². The number of nitrogens with one attached hydrogen (secondary N) is 2. The van der Waals surface area contributed by atoms with Crippen molar-refractivity contribution in [3.8, 4) is 0 Å². The lowest BCUT2D eigenvalue weighted by Gasteiger charge is -2.33. The molecule has 5 nitrogen and oxygen atoms in total. The molecule has 0 radical (unpaired) electrons. The maximum atomic E-state index is 4.33. The molecule has 0 aromatic carbocycles. The zero-order chi connectivity index (χ0) is 17.1. The molecule has 0 saturated carbocycles. The zero-order valence-electron chi connectivity index (χ0n) is 16.5. The molecule has 1 aliphatic heterocycles. The van der Waals surface area contributed by atoms with Gasteiger partial charge in [-0.05, 0) is 52.7 Å². The lowest BCUT2D eigenvalue weighted by atomic mass is 10.0. The first kappa shape index (κ1) is 23.9. The molecule has 24 heavy (non-hydrogen) atoms. The molecular formula is C18H40IN5. The average molecular weight is 453 g/mol. The highest BCUT2D eigenvalue weighted by atomic mass is 127. The molecular weight excluding hydrogens is 413 g/mol. The summed E-state index contributed by atoms with van der Waals surface area (Å²) in [5, 5.41) is 6.90. The van der Waals surface area contributed by atoms with Crippen molar-refractivity contribution in [2.24, 2.45) is 4.99 Å². The first-order chi connectivity index (χ1) is 11.1. The summed E-state index contributed by atoms with van der Waals surface area (Å²) in [6.45, 7) is 15.7. The topological polar surface area (TPSA) is 42.9 Å². The number of halogens is 1. The van der Waals surface area contributed by atoms with Gasteiger partial charge in [0.15, 0.2) is 5.96 Å². The Hall–Kier alpha value is -0.0800. The van der Waals surface area contributed by atoms with Crippen LogP contribution in [-0.4, -0.2) is 74.2 Å². The molecule has 1 fully saturated rings. The van der Waals surface area contributed by atoms with Crippen LogP contribution in [0.25, 0.3) is 0 Å². The van der Waals surface area contributed by atoms with E-state index < -0.39 is 0 Å². The standard InChI is InChI=1S/C18H39N5.HI/c1-6-22(7-2)17(4)15-21-18(19-5)20-12-10-14-23-13-9-8-11-16(23)3;/h16-17H,6-15H2,1-5H3,(H2,19,20,21);1H. The smallest absolute Gasteiger partial charge is 0.191 e. The fraction of sp³-hybridized carbons (Fsp3) is 0.944. The van der Waals surface area contributed by atoms with Crippen LogP contribution in [0.15, 0.2) is 4.99 Å². The van der Waals surface area contributed by atoms with Crippen LogP contribution in [0.3, 0.4) is 0 Å². The van der Waals surface area contributed by atoms with E-state index >= 15 is 0 Å². The van der Waals surface area contributed by atoms with E-state index in [4.69, 9.17) is 0 Å².